The number of likely N-dealkylation sites (N-methyl/N-ethyl adjacent to an activating group) is 1. The molecule has 2 unspecified atom stereocenters. The van der Waals surface area contributed by atoms with Crippen molar-refractivity contribution in [1.29, 1.82) is 0 Å². The minimum Gasteiger partial charge on any atom is -0.329 e. The lowest BCUT2D eigenvalue weighted by atomic mass is 9.90. The molecular formula is C14H21ClN2S. The third-order valence-corrected chi connectivity index (χ3v) is 5.74. The van der Waals surface area contributed by atoms with Crippen molar-refractivity contribution in [2.45, 2.75) is 30.7 Å². The van der Waals surface area contributed by atoms with Gasteiger partial charge in [-0.1, -0.05) is 30.7 Å². The Morgan fingerprint density at radius 1 is 1.44 bits per heavy atom. The molecule has 0 bridgehead atoms. The molecule has 4 heteroatoms. The molecule has 1 aliphatic rings. The van der Waals surface area contributed by atoms with E-state index in [1.807, 2.05) is 23.9 Å². The number of thioether (sulfide) groups is 1. The summed E-state index contributed by atoms with van der Waals surface area (Å²) in [5.74, 6) is 1.21. The highest BCUT2D eigenvalue weighted by molar-refractivity contribution is 8.00. The first kappa shape index (κ1) is 14.2. The standard InChI is InChI=1S/C14H21ClN2S/c1-11-14(10-16,7-8-18-11)17(2)9-12-3-5-13(15)6-4-12/h3-6,11H,7-10,16H2,1-2H3. The van der Waals surface area contributed by atoms with Crippen LogP contribution in [0.3, 0.4) is 0 Å². The minimum atomic E-state index is 0.143. The van der Waals surface area contributed by atoms with Crippen molar-refractivity contribution in [3.05, 3.63) is 34.9 Å². The molecule has 1 aromatic rings. The normalized spacial score (nSPS) is 27.9. The molecule has 0 spiro atoms. The van der Waals surface area contributed by atoms with Crippen LogP contribution in [0.15, 0.2) is 24.3 Å². The third-order valence-electron chi connectivity index (χ3n) is 4.11. The van der Waals surface area contributed by atoms with Gasteiger partial charge < -0.3 is 5.73 Å². The van der Waals surface area contributed by atoms with Gasteiger partial charge in [0.15, 0.2) is 0 Å². The summed E-state index contributed by atoms with van der Waals surface area (Å²) in [6.45, 7) is 3.95. The maximum absolute atomic E-state index is 6.06. The molecule has 1 aliphatic heterocycles. The van der Waals surface area contributed by atoms with Gasteiger partial charge in [-0.05, 0) is 36.9 Å². The average molecular weight is 285 g/mol. The van der Waals surface area contributed by atoms with Crippen molar-refractivity contribution in [2.24, 2.45) is 5.73 Å². The highest BCUT2D eigenvalue weighted by atomic mass is 35.5. The SMILES string of the molecule is CC1SCCC1(CN)N(C)Cc1ccc(Cl)cc1. The molecule has 1 fully saturated rings. The van der Waals surface area contributed by atoms with E-state index in [1.165, 1.54) is 17.7 Å². The van der Waals surface area contributed by atoms with Gasteiger partial charge in [-0.15, -0.1) is 0 Å². The van der Waals surface area contributed by atoms with Gasteiger partial charge in [0.1, 0.15) is 0 Å². The Hall–Kier alpha value is -0.220. The molecule has 1 saturated heterocycles. The largest absolute Gasteiger partial charge is 0.329 e. The number of hydrogen-bond donors (Lipinski definition) is 1. The van der Waals surface area contributed by atoms with Gasteiger partial charge in [0.2, 0.25) is 0 Å². The van der Waals surface area contributed by atoms with Gasteiger partial charge in [-0.2, -0.15) is 11.8 Å². The fraction of sp³-hybridized carbons (Fsp3) is 0.571. The number of rotatable bonds is 4. The van der Waals surface area contributed by atoms with E-state index in [4.69, 9.17) is 17.3 Å². The highest BCUT2D eigenvalue weighted by Crippen LogP contribution is 2.39. The molecule has 1 heterocycles. The first-order chi connectivity index (χ1) is 8.58. The Kier molecular flexibility index (Phi) is 4.59. The molecule has 0 aliphatic carbocycles. The highest BCUT2D eigenvalue weighted by Gasteiger charge is 2.42. The smallest absolute Gasteiger partial charge is 0.0455 e. The maximum atomic E-state index is 6.06. The van der Waals surface area contributed by atoms with Crippen molar-refractivity contribution in [3.8, 4) is 0 Å². The summed E-state index contributed by atoms with van der Waals surface area (Å²) < 4.78 is 0. The van der Waals surface area contributed by atoms with E-state index in [1.54, 1.807) is 0 Å². The third kappa shape index (κ3) is 2.69. The quantitative estimate of drug-likeness (QED) is 0.922. The summed E-state index contributed by atoms with van der Waals surface area (Å²) in [5, 5.41) is 1.39. The lowest BCUT2D eigenvalue weighted by Crippen LogP contribution is -2.55. The van der Waals surface area contributed by atoms with Gasteiger partial charge in [-0.3, -0.25) is 4.90 Å². The Bertz CT molecular complexity index is 395. The van der Waals surface area contributed by atoms with Crippen LogP contribution in [-0.2, 0) is 6.54 Å². The van der Waals surface area contributed by atoms with Crippen LogP contribution in [0.5, 0.6) is 0 Å². The van der Waals surface area contributed by atoms with Crippen molar-refractivity contribution >= 4 is 23.4 Å². The van der Waals surface area contributed by atoms with Gasteiger partial charge >= 0.3 is 0 Å². The van der Waals surface area contributed by atoms with Crippen molar-refractivity contribution in [1.82, 2.24) is 4.90 Å². The molecule has 2 nitrogen and oxygen atoms in total. The molecule has 2 atom stereocenters. The fourth-order valence-corrected chi connectivity index (χ4v) is 4.37. The van der Waals surface area contributed by atoms with E-state index in [0.29, 0.717) is 5.25 Å². The molecule has 2 rings (SSSR count). The van der Waals surface area contributed by atoms with Crippen LogP contribution < -0.4 is 5.73 Å². The van der Waals surface area contributed by atoms with E-state index in [0.717, 1.165) is 18.1 Å². The van der Waals surface area contributed by atoms with Crippen LogP contribution >= 0.6 is 23.4 Å². The van der Waals surface area contributed by atoms with E-state index >= 15 is 0 Å². The molecule has 0 saturated carbocycles. The van der Waals surface area contributed by atoms with E-state index in [-0.39, 0.29) is 5.54 Å². The number of halogens is 1. The molecule has 0 radical (unpaired) electrons. The molecule has 100 valence electrons. The summed E-state index contributed by atoms with van der Waals surface area (Å²) in [6, 6.07) is 8.09. The van der Waals surface area contributed by atoms with E-state index in [9.17, 15) is 0 Å². The Balaban J connectivity index is 2.10. The van der Waals surface area contributed by atoms with Crippen LogP contribution in [0.2, 0.25) is 5.02 Å². The molecular weight excluding hydrogens is 264 g/mol. The fourth-order valence-electron chi connectivity index (χ4n) is 2.72. The average Bonchev–Trinajstić information content (AvgIpc) is 2.74. The Labute approximate surface area is 119 Å². The van der Waals surface area contributed by atoms with Crippen LogP contribution in [0.1, 0.15) is 18.9 Å². The predicted octanol–water partition coefficient (Wildman–Crippen LogP) is 2.99. The summed E-state index contributed by atoms with van der Waals surface area (Å²) in [4.78, 5) is 2.42. The molecule has 0 amide bonds. The van der Waals surface area contributed by atoms with Gasteiger partial charge in [-0.25, -0.2) is 0 Å². The molecule has 0 aromatic heterocycles. The lowest BCUT2D eigenvalue weighted by Gasteiger charge is -2.41. The maximum Gasteiger partial charge on any atom is 0.0455 e. The zero-order valence-corrected chi connectivity index (χ0v) is 12.6. The summed E-state index contributed by atoms with van der Waals surface area (Å²) in [7, 11) is 2.18. The van der Waals surface area contributed by atoms with Crippen molar-refractivity contribution in [2.75, 3.05) is 19.3 Å². The Morgan fingerprint density at radius 2 is 2.11 bits per heavy atom. The summed E-state index contributed by atoms with van der Waals surface area (Å²) in [5.41, 5.74) is 7.50. The second-order valence-corrected chi connectivity index (χ2v) is 6.94. The number of benzene rings is 1. The van der Waals surface area contributed by atoms with Gasteiger partial charge in [0.25, 0.3) is 0 Å². The first-order valence-electron chi connectivity index (χ1n) is 6.36. The van der Waals surface area contributed by atoms with E-state index < -0.39 is 0 Å². The van der Waals surface area contributed by atoms with Crippen LogP contribution in [0.25, 0.3) is 0 Å². The minimum absolute atomic E-state index is 0.143. The van der Waals surface area contributed by atoms with Crippen LogP contribution in [-0.4, -0.2) is 35.0 Å². The lowest BCUT2D eigenvalue weighted by molar-refractivity contribution is 0.122. The van der Waals surface area contributed by atoms with Crippen LogP contribution in [0, 0.1) is 0 Å². The molecule has 2 N–H and O–H groups in total. The van der Waals surface area contributed by atoms with Gasteiger partial charge in [0.05, 0.1) is 0 Å². The second kappa shape index (κ2) is 5.83. The summed E-state index contributed by atoms with van der Waals surface area (Å²) in [6.07, 6.45) is 1.18. The van der Waals surface area contributed by atoms with Crippen LogP contribution in [0.4, 0.5) is 0 Å². The Morgan fingerprint density at radius 3 is 2.61 bits per heavy atom. The zero-order chi connectivity index (χ0) is 13.2. The topological polar surface area (TPSA) is 29.3 Å². The van der Waals surface area contributed by atoms with Gasteiger partial charge in [0, 0.05) is 28.9 Å². The number of nitrogens with two attached hydrogens (primary N) is 1. The molecule has 18 heavy (non-hydrogen) atoms. The monoisotopic (exact) mass is 284 g/mol. The predicted molar refractivity (Wildman–Crippen MR) is 81.2 cm³/mol. The first-order valence-corrected chi connectivity index (χ1v) is 7.78. The second-order valence-electron chi connectivity index (χ2n) is 5.05. The summed E-state index contributed by atoms with van der Waals surface area (Å²) >= 11 is 7.94. The van der Waals surface area contributed by atoms with Crippen molar-refractivity contribution < 1.29 is 0 Å². The number of nitrogens with zero attached hydrogens (tertiary/aromatic N) is 1. The van der Waals surface area contributed by atoms with Crippen molar-refractivity contribution in [3.63, 3.8) is 0 Å². The number of hydrogen-bond acceptors (Lipinski definition) is 3. The zero-order valence-electron chi connectivity index (χ0n) is 11.0. The molecule has 1 aromatic carbocycles. The van der Waals surface area contributed by atoms with E-state index in [2.05, 4.69) is 31.0 Å².